The van der Waals surface area contributed by atoms with E-state index in [4.69, 9.17) is 9.47 Å². The van der Waals surface area contributed by atoms with Crippen molar-refractivity contribution in [3.8, 4) is 5.75 Å². The Balaban J connectivity index is 1.73. The molecule has 0 aromatic heterocycles. The van der Waals surface area contributed by atoms with Crippen molar-refractivity contribution in [2.24, 2.45) is 0 Å². The topological polar surface area (TPSA) is 52.6 Å². The molecular weight excluding hydrogens is 373 g/mol. The molecule has 1 fully saturated rings. The number of fused-ring (bicyclic) bond motifs is 2. The van der Waals surface area contributed by atoms with E-state index in [1.807, 2.05) is 0 Å². The third kappa shape index (κ3) is 3.04. The molecule has 1 aliphatic heterocycles. The van der Waals surface area contributed by atoms with Gasteiger partial charge in [0.2, 0.25) is 0 Å². The van der Waals surface area contributed by atoms with E-state index in [1.165, 1.54) is 13.2 Å². The van der Waals surface area contributed by atoms with Crippen LogP contribution in [0.1, 0.15) is 52.2 Å². The minimum Gasteiger partial charge on any atom is -0.497 e. The van der Waals surface area contributed by atoms with E-state index < -0.39 is 29.2 Å². The summed E-state index contributed by atoms with van der Waals surface area (Å²) >= 11 is 0. The molecule has 2 aliphatic rings. The third-order valence-corrected chi connectivity index (χ3v) is 5.44. The van der Waals surface area contributed by atoms with Crippen LogP contribution in [0.4, 0.5) is 13.2 Å². The summed E-state index contributed by atoms with van der Waals surface area (Å²) in [7, 11) is 1.48. The number of alkyl halides is 3. The predicted molar refractivity (Wildman–Crippen MR) is 93.1 cm³/mol. The second-order valence-corrected chi connectivity index (χ2v) is 7.24. The highest BCUT2D eigenvalue weighted by Gasteiger charge is 2.51. The van der Waals surface area contributed by atoms with Gasteiger partial charge in [0.05, 0.1) is 24.7 Å². The summed E-state index contributed by atoms with van der Waals surface area (Å²) in [4.78, 5) is 24.9. The van der Waals surface area contributed by atoms with E-state index in [0.717, 1.165) is 12.1 Å². The van der Waals surface area contributed by atoms with Crippen LogP contribution in [-0.2, 0) is 21.3 Å². The molecule has 2 aromatic carbocycles. The van der Waals surface area contributed by atoms with Crippen molar-refractivity contribution in [1.82, 2.24) is 0 Å². The molecule has 4 nitrogen and oxygen atoms in total. The Kier molecular flexibility index (Phi) is 4.21. The molecule has 0 amide bonds. The molecule has 7 heteroatoms. The molecule has 4 rings (SSSR count). The van der Waals surface area contributed by atoms with E-state index in [2.05, 4.69) is 0 Å². The number of halogens is 3. The van der Waals surface area contributed by atoms with Crippen molar-refractivity contribution >= 4 is 11.8 Å². The number of ketones is 1. The number of carbonyl (C=O) groups is 2. The van der Waals surface area contributed by atoms with Gasteiger partial charge in [-0.3, -0.25) is 4.79 Å². The van der Waals surface area contributed by atoms with Gasteiger partial charge in [0.15, 0.2) is 0 Å². The zero-order chi connectivity index (χ0) is 20.1. The fourth-order valence-electron chi connectivity index (χ4n) is 4.20. The average Bonchev–Trinajstić information content (AvgIpc) is 2.91. The van der Waals surface area contributed by atoms with Crippen LogP contribution in [0, 0.1) is 0 Å². The fraction of sp³-hybridized carbons (Fsp3) is 0.333. The number of ether oxygens (including phenoxy) is 2. The highest BCUT2D eigenvalue weighted by Crippen LogP contribution is 2.50. The van der Waals surface area contributed by atoms with Crippen molar-refractivity contribution in [2.45, 2.75) is 37.0 Å². The van der Waals surface area contributed by atoms with Crippen LogP contribution in [0.15, 0.2) is 42.5 Å². The smallest absolute Gasteiger partial charge is 0.416 e. The van der Waals surface area contributed by atoms with Crippen LogP contribution in [-0.4, -0.2) is 18.9 Å². The highest BCUT2D eigenvalue weighted by atomic mass is 19.4. The summed E-state index contributed by atoms with van der Waals surface area (Å²) in [5, 5.41) is 0. The van der Waals surface area contributed by atoms with Gasteiger partial charge in [0.1, 0.15) is 17.1 Å². The number of esters is 1. The summed E-state index contributed by atoms with van der Waals surface area (Å²) in [6.45, 7) is 0. The first kappa shape index (κ1) is 18.5. The Labute approximate surface area is 159 Å². The maximum Gasteiger partial charge on any atom is 0.416 e. The predicted octanol–water partition coefficient (Wildman–Crippen LogP) is 4.62. The highest BCUT2D eigenvalue weighted by molar-refractivity contribution is 5.96. The Morgan fingerprint density at radius 1 is 1.14 bits per heavy atom. The lowest BCUT2D eigenvalue weighted by Gasteiger charge is -2.36. The molecule has 0 bridgehead atoms. The molecule has 0 N–H and O–H groups in total. The van der Waals surface area contributed by atoms with Gasteiger partial charge in [-0.05, 0) is 36.1 Å². The lowest BCUT2D eigenvalue weighted by molar-refractivity contribution is -0.137. The van der Waals surface area contributed by atoms with E-state index in [-0.39, 0.29) is 25.0 Å². The van der Waals surface area contributed by atoms with Gasteiger partial charge in [-0.15, -0.1) is 0 Å². The molecule has 1 unspecified atom stereocenters. The summed E-state index contributed by atoms with van der Waals surface area (Å²) in [6.07, 6.45) is -4.07. The van der Waals surface area contributed by atoms with Gasteiger partial charge in [0, 0.05) is 12.0 Å². The summed E-state index contributed by atoms with van der Waals surface area (Å²) in [5.41, 5.74) is -0.571. The first-order chi connectivity index (χ1) is 13.2. The molecule has 2 atom stereocenters. The second kappa shape index (κ2) is 6.36. The van der Waals surface area contributed by atoms with Crippen molar-refractivity contribution in [3.05, 3.63) is 64.7 Å². The Morgan fingerprint density at radius 3 is 2.64 bits per heavy atom. The van der Waals surface area contributed by atoms with Crippen molar-refractivity contribution in [2.75, 3.05) is 7.11 Å². The van der Waals surface area contributed by atoms with Crippen LogP contribution < -0.4 is 4.74 Å². The monoisotopic (exact) mass is 390 g/mol. The van der Waals surface area contributed by atoms with Gasteiger partial charge in [-0.1, -0.05) is 24.3 Å². The number of methoxy groups -OCH3 is 1. The molecule has 0 saturated heterocycles. The van der Waals surface area contributed by atoms with Gasteiger partial charge in [-0.25, -0.2) is 4.79 Å². The lowest BCUT2D eigenvalue weighted by atomic mass is 9.71. The minimum absolute atomic E-state index is 0.0214. The fourth-order valence-corrected chi connectivity index (χ4v) is 4.20. The standard InChI is InChI=1S/C21H17F3O4/c1-27-16-5-6-18-17(9-16)19(26)28-20(18)10-13(8-15(25)11-20)12-3-2-4-14(7-12)21(22,23)24/h2-7,9,13H,8,10-11H2,1H3/t13-,20?/m0/s1. The van der Waals surface area contributed by atoms with Gasteiger partial charge >= 0.3 is 12.1 Å². The van der Waals surface area contributed by atoms with E-state index >= 15 is 0 Å². The molecule has 1 aliphatic carbocycles. The van der Waals surface area contributed by atoms with Crippen LogP contribution in [0.3, 0.4) is 0 Å². The minimum atomic E-state index is -4.46. The zero-order valence-corrected chi connectivity index (χ0v) is 15.0. The average molecular weight is 390 g/mol. The normalized spacial score (nSPS) is 24.2. The first-order valence-corrected chi connectivity index (χ1v) is 8.82. The van der Waals surface area contributed by atoms with Crippen molar-refractivity contribution in [1.29, 1.82) is 0 Å². The van der Waals surface area contributed by atoms with E-state index in [0.29, 0.717) is 22.4 Å². The summed E-state index contributed by atoms with van der Waals surface area (Å²) < 4.78 is 50.0. The van der Waals surface area contributed by atoms with Crippen LogP contribution in [0.5, 0.6) is 5.75 Å². The van der Waals surface area contributed by atoms with E-state index in [9.17, 15) is 22.8 Å². The van der Waals surface area contributed by atoms with Crippen molar-refractivity contribution in [3.63, 3.8) is 0 Å². The molecule has 28 heavy (non-hydrogen) atoms. The van der Waals surface area contributed by atoms with Crippen LogP contribution >= 0.6 is 0 Å². The number of benzene rings is 2. The maximum atomic E-state index is 13.1. The zero-order valence-electron chi connectivity index (χ0n) is 15.0. The maximum absolute atomic E-state index is 13.1. The van der Waals surface area contributed by atoms with Gasteiger partial charge in [-0.2, -0.15) is 13.2 Å². The lowest BCUT2D eigenvalue weighted by Crippen LogP contribution is -2.36. The molecule has 1 saturated carbocycles. The molecule has 1 spiro atoms. The Hall–Kier alpha value is -2.83. The molecule has 2 aromatic rings. The summed E-state index contributed by atoms with van der Waals surface area (Å²) in [6, 6.07) is 9.93. The van der Waals surface area contributed by atoms with Crippen LogP contribution in [0.25, 0.3) is 0 Å². The molecule has 146 valence electrons. The quantitative estimate of drug-likeness (QED) is 0.703. The number of hydrogen-bond acceptors (Lipinski definition) is 4. The van der Waals surface area contributed by atoms with Crippen molar-refractivity contribution < 1.29 is 32.2 Å². The van der Waals surface area contributed by atoms with Gasteiger partial charge < -0.3 is 9.47 Å². The summed E-state index contributed by atoms with van der Waals surface area (Å²) in [5.74, 6) is -0.676. The third-order valence-electron chi connectivity index (χ3n) is 5.44. The van der Waals surface area contributed by atoms with Gasteiger partial charge in [0.25, 0.3) is 0 Å². The Morgan fingerprint density at radius 2 is 1.93 bits per heavy atom. The SMILES string of the molecule is COc1ccc2c(c1)C(=O)OC21CC(=O)C[C@H](c2cccc(C(F)(F)F)c2)C1. The number of hydrogen-bond donors (Lipinski definition) is 0. The number of Topliss-reactive ketones (excluding diaryl/α,β-unsaturated/α-hetero) is 1. The molecular formula is C21H17F3O4. The second-order valence-electron chi connectivity index (χ2n) is 7.24. The molecule has 1 heterocycles. The van der Waals surface area contributed by atoms with E-state index in [1.54, 1.807) is 24.3 Å². The number of carbonyl (C=O) groups excluding carboxylic acids is 2. The first-order valence-electron chi connectivity index (χ1n) is 8.82. The molecule has 0 radical (unpaired) electrons. The van der Waals surface area contributed by atoms with Crippen LogP contribution in [0.2, 0.25) is 0 Å². The largest absolute Gasteiger partial charge is 0.497 e. The Bertz CT molecular complexity index is 966. The number of rotatable bonds is 2.